The van der Waals surface area contributed by atoms with E-state index in [1.54, 1.807) is 0 Å². The second-order valence-corrected chi connectivity index (χ2v) is 9.70. The summed E-state index contributed by atoms with van der Waals surface area (Å²) >= 11 is 0. The zero-order chi connectivity index (χ0) is 18.8. The number of aliphatic hydroxyl groups is 1. The van der Waals surface area contributed by atoms with Gasteiger partial charge in [0, 0.05) is 11.8 Å². The van der Waals surface area contributed by atoms with Gasteiger partial charge in [0.05, 0.1) is 13.0 Å². The maximum absolute atomic E-state index is 12.6. The molecular weight excluding hydrogens is 316 g/mol. The van der Waals surface area contributed by atoms with Crippen molar-refractivity contribution in [1.29, 1.82) is 0 Å². The molecule has 0 heterocycles. The molecule has 0 unspecified atom stereocenters. The maximum atomic E-state index is 12.6. The van der Waals surface area contributed by atoms with Crippen LogP contribution in [0.4, 0.5) is 0 Å². The van der Waals surface area contributed by atoms with Crippen LogP contribution in [0.2, 0.25) is 0 Å². The van der Waals surface area contributed by atoms with Gasteiger partial charge in [-0.25, -0.2) is 0 Å². The van der Waals surface area contributed by atoms with E-state index in [4.69, 9.17) is 4.74 Å². The van der Waals surface area contributed by atoms with E-state index in [1.807, 2.05) is 0 Å². The van der Waals surface area contributed by atoms with Crippen molar-refractivity contribution in [3.8, 4) is 0 Å². The highest BCUT2D eigenvalue weighted by atomic mass is 16.5. The molecule has 0 bridgehead atoms. The molecule has 3 saturated carbocycles. The van der Waals surface area contributed by atoms with Crippen molar-refractivity contribution >= 4 is 11.8 Å². The second-order valence-electron chi connectivity index (χ2n) is 9.70. The first-order valence-corrected chi connectivity index (χ1v) is 9.46. The highest BCUT2D eigenvalue weighted by Gasteiger charge is 2.67. The predicted octanol–water partition coefficient (Wildman–Crippen LogP) is 3.52. The first-order valence-electron chi connectivity index (χ1n) is 9.46. The van der Waals surface area contributed by atoms with Gasteiger partial charge in [-0.1, -0.05) is 39.8 Å². The highest BCUT2D eigenvalue weighted by molar-refractivity contribution is 5.85. The molecular formula is C21H32O4. The van der Waals surface area contributed by atoms with Crippen LogP contribution < -0.4 is 0 Å². The highest BCUT2D eigenvalue weighted by Crippen LogP contribution is 2.68. The van der Waals surface area contributed by atoms with Crippen molar-refractivity contribution in [2.75, 3.05) is 7.11 Å². The van der Waals surface area contributed by atoms with Crippen molar-refractivity contribution < 1.29 is 19.4 Å². The third-order valence-corrected chi connectivity index (χ3v) is 8.00. The SMILES string of the molecule is C=C1CC[C@H]2[C@](C)(CC[C@H]3C(C)(C)CC(=O)[C@@H](O)[C@]32C)[C@H]1C(=O)OC. The fraction of sp³-hybridized carbons (Fsp3) is 0.810. The van der Waals surface area contributed by atoms with Crippen LogP contribution in [-0.2, 0) is 14.3 Å². The normalized spacial score (nSPS) is 46.2. The molecule has 3 fully saturated rings. The summed E-state index contributed by atoms with van der Waals surface area (Å²) in [5, 5.41) is 11.0. The van der Waals surface area contributed by atoms with Gasteiger partial charge in [0.15, 0.2) is 5.78 Å². The van der Waals surface area contributed by atoms with Gasteiger partial charge >= 0.3 is 5.97 Å². The van der Waals surface area contributed by atoms with Gasteiger partial charge in [0.25, 0.3) is 0 Å². The Balaban J connectivity index is 2.11. The first-order chi connectivity index (χ1) is 11.5. The Hall–Kier alpha value is -1.16. The Morgan fingerprint density at radius 1 is 1.20 bits per heavy atom. The monoisotopic (exact) mass is 348 g/mol. The van der Waals surface area contributed by atoms with E-state index in [2.05, 4.69) is 34.3 Å². The largest absolute Gasteiger partial charge is 0.469 e. The fourth-order valence-electron chi connectivity index (χ4n) is 7.00. The third-order valence-electron chi connectivity index (χ3n) is 8.00. The zero-order valence-electron chi connectivity index (χ0n) is 16.2. The summed E-state index contributed by atoms with van der Waals surface area (Å²) in [6, 6.07) is 0. The number of carbonyl (C=O) groups excluding carboxylic acids is 2. The average molecular weight is 348 g/mol. The summed E-state index contributed by atoms with van der Waals surface area (Å²) in [6.07, 6.45) is 2.94. The van der Waals surface area contributed by atoms with Crippen LogP contribution in [0.1, 0.15) is 59.8 Å². The lowest BCUT2D eigenvalue weighted by Gasteiger charge is -2.66. The topological polar surface area (TPSA) is 63.6 Å². The van der Waals surface area contributed by atoms with Crippen LogP contribution in [0.25, 0.3) is 0 Å². The molecule has 3 aliphatic carbocycles. The number of ether oxygens (including phenoxy) is 1. The Labute approximate surface area is 151 Å². The summed E-state index contributed by atoms with van der Waals surface area (Å²) in [5.74, 6) is -0.245. The molecule has 0 aliphatic heterocycles. The van der Waals surface area contributed by atoms with Crippen LogP contribution in [-0.4, -0.2) is 30.1 Å². The van der Waals surface area contributed by atoms with Gasteiger partial charge in [-0.05, 0) is 48.3 Å². The Morgan fingerprint density at radius 3 is 2.44 bits per heavy atom. The number of hydrogen-bond donors (Lipinski definition) is 1. The number of Topliss-reactive ketones (excluding diaryl/α,β-unsaturated/α-hetero) is 1. The standard InChI is InChI=1S/C21H32O4/c1-12-7-8-15-20(4,16(12)18(24)25-6)10-9-14-19(2,3)11-13(22)17(23)21(14,15)5/h14-17,23H,1,7-11H2,2-6H3/t14-,15-,16+,17+,20-,21+/m0/s1. The average Bonchev–Trinajstić information content (AvgIpc) is 2.51. The summed E-state index contributed by atoms with van der Waals surface area (Å²) in [6.45, 7) is 12.7. The molecule has 6 atom stereocenters. The van der Waals surface area contributed by atoms with Crippen LogP contribution in [0.3, 0.4) is 0 Å². The Bertz CT molecular complexity index is 613. The van der Waals surface area contributed by atoms with E-state index in [1.165, 1.54) is 7.11 Å². The lowest BCUT2D eigenvalue weighted by Crippen LogP contribution is -2.65. The summed E-state index contributed by atoms with van der Waals surface area (Å²) in [4.78, 5) is 25.2. The molecule has 4 heteroatoms. The Morgan fingerprint density at radius 2 is 1.84 bits per heavy atom. The molecule has 0 aromatic rings. The van der Waals surface area contributed by atoms with Gasteiger partial charge in [-0.3, -0.25) is 9.59 Å². The Kier molecular flexibility index (Phi) is 4.22. The molecule has 1 N–H and O–H groups in total. The van der Waals surface area contributed by atoms with E-state index < -0.39 is 11.5 Å². The molecule has 0 amide bonds. The maximum Gasteiger partial charge on any atom is 0.313 e. The minimum absolute atomic E-state index is 0.0491. The predicted molar refractivity (Wildman–Crippen MR) is 95.7 cm³/mol. The van der Waals surface area contributed by atoms with E-state index in [-0.39, 0.29) is 40.3 Å². The molecule has 0 radical (unpaired) electrons. The first kappa shape index (κ1) is 18.6. The molecule has 140 valence electrons. The van der Waals surface area contributed by atoms with Crippen molar-refractivity contribution in [1.82, 2.24) is 0 Å². The molecule has 3 rings (SSSR count). The molecule has 25 heavy (non-hydrogen) atoms. The second kappa shape index (κ2) is 5.67. The van der Waals surface area contributed by atoms with Crippen LogP contribution in [0, 0.1) is 34.0 Å². The number of methoxy groups -OCH3 is 1. The van der Waals surface area contributed by atoms with Gasteiger partial charge in [-0.2, -0.15) is 0 Å². The van der Waals surface area contributed by atoms with Crippen molar-refractivity contribution in [2.24, 2.45) is 34.0 Å². The minimum atomic E-state index is -0.945. The lowest BCUT2D eigenvalue weighted by atomic mass is 9.38. The molecule has 0 saturated heterocycles. The van der Waals surface area contributed by atoms with E-state index in [9.17, 15) is 14.7 Å². The van der Waals surface area contributed by atoms with Crippen molar-refractivity contribution in [2.45, 2.75) is 65.9 Å². The van der Waals surface area contributed by atoms with Crippen LogP contribution in [0.15, 0.2) is 12.2 Å². The van der Waals surface area contributed by atoms with E-state index in [0.717, 1.165) is 31.3 Å². The minimum Gasteiger partial charge on any atom is -0.469 e. The van der Waals surface area contributed by atoms with Crippen molar-refractivity contribution in [3.63, 3.8) is 0 Å². The third kappa shape index (κ3) is 2.36. The number of esters is 1. The number of fused-ring (bicyclic) bond motifs is 3. The zero-order valence-corrected chi connectivity index (χ0v) is 16.2. The van der Waals surface area contributed by atoms with E-state index in [0.29, 0.717) is 6.42 Å². The smallest absolute Gasteiger partial charge is 0.313 e. The lowest BCUT2D eigenvalue weighted by molar-refractivity contribution is -0.206. The molecule has 0 aromatic heterocycles. The molecule has 0 spiro atoms. The van der Waals surface area contributed by atoms with Gasteiger partial charge in [-0.15, -0.1) is 0 Å². The number of rotatable bonds is 1. The van der Waals surface area contributed by atoms with E-state index >= 15 is 0 Å². The van der Waals surface area contributed by atoms with Gasteiger partial charge < -0.3 is 9.84 Å². The van der Waals surface area contributed by atoms with Gasteiger partial charge in [0.2, 0.25) is 0 Å². The molecule has 4 nitrogen and oxygen atoms in total. The van der Waals surface area contributed by atoms with Crippen molar-refractivity contribution in [3.05, 3.63) is 12.2 Å². The van der Waals surface area contributed by atoms with Crippen LogP contribution >= 0.6 is 0 Å². The molecule has 3 aliphatic rings. The van der Waals surface area contributed by atoms with Crippen LogP contribution in [0.5, 0.6) is 0 Å². The number of carbonyl (C=O) groups is 2. The number of hydrogen-bond acceptors (Lipinski definition) is 4. The number of aliphatic hydroxyl groups excluding tert-OH is 1. The summed E-state index contributed by atoms with van der Waals surface area (Å²) in [7, 11) is 1.43. The number of ketones is 1. The summed E-state index contributed by atoms with van der Waals surface area (Å²) < 4.78 is 5.10. The fourth-order valence-corrected chi connectivity index (χ4v) is 7.00. The summed E-state index contributed by atoms with van der Waals surface area (Å²) in [5.41, 5.74) is -0.00786. The molecule has 0 aromatic carbocycles. The van der Waals surface area contributed by atoms with Gasteiger partial charge in [0.1, 0.15) is 6.10 Å². The quantitative estimate of drug-likeness (QED) is 0.582.